The number of thioether (sulfide) groups is 1. The molecule has 0 saturated heterocycles. The molecule has 0 aliphatic carbocycles. The summed E-state index contributed by atoms with van der Waals surface area (Å²) in [4.78, 5) is 12.2. The van der Waals surface area contributed by atoms with Crippen molar-refractivity contribution in [1.82, 2.24) is 14.8 Å². The number of carbonyl (C=O) groups excluding carboxylic acids is 1. The third kappa shape index (κ3) is 3.97. The van der Waals surface area contributed by atoms with Crippen LogP contribution in [0.1, 0.15) is 10.4 Å². The van der Waals surface area contributed by atoms with Gasteiger partial charge in [-0.2, -0.15) is 0 Å². The molecule has 25 heavy (non-hydrogen) atoms. The van der Waals surface area contributed by atoms with Gasteiger partial charge >= 0.3 is 0 Å². The predicted molar refractivity (Wildman–Crippen MR) is 91.1 cm³/mol. The summed E-state index contributed by atoms with van der Waals surface area (Å²) in [5.41, 5.74) is 0.0733. The molecule has 0 radical (unpaired) electrons. The van der Waals surface area contributed by atoms with Gasteiger partial charge in [-0.25, -0.2) is 4.39 Å². The molecule has 130 valence electrons. The van der Waals surface area contributed by atoms with Gasteiger partial charge in [0.1, 0.15) is 5.82 Å². The summed E-state index contributed by atoms with van der Waals surface area (Å²) < 4.78 is 26.0. The Morgan fingerprint density at radius 2 is 2.12 bits per heavy atom. The van der Waals surface area contributed by atoms with Gasteiger partial charge in [-0.05, 0) is 24.3 Å². The highest BCUT2D eigenvalue weighted by atomic mass is 32.2. The lowest BCUT2D eigenvalue weighted by Crippen LogP contribution is -2.09. The topological polar surface area (TPSA) is 70.2 Å². The monoisotopic (exact) mass is 361 g/mol. The summed E-state index contributed by atoms with van der Waals surface area (Å²) in [6, 6.07) is 9.48. The largest absolute Gasteiger partial charge is 0.461 e. The highest BCUT2D eigenvalue weighted by Gasteiger charge is 2.18. The van der Waals surface area contributed by atoms with Gasteiger partial charge in [0, 0.05) is 7.11 Å². The Morgan fingerprint density at radius 3 is 2.84 bits per heavy atom. The quantitative estimate of drug-likeness (QED) is 0.453. The molecule has 3 aromatic rings. The standard InChI is InChI=1S/C17H16FN3O3S/c1-23-10-8-21-16(15-7-4-9-24-15)19-20-17(21)25-11-14(22)12-5-2-3-6-13(12)18/h2-7,9H,8,10-11H2,1H3. The van der Waals surface area contributed by atoms with Crippen LogP contribution in [0.3, 0.4) is 0 Å². The Bertz CT molecular complexity index is 849. The number of carbonyl (C=O) groups is 1. The van der Waals surface area contributed by atoms with Crippen molar-refractivity contribution in [3.63, 3.8) is 0 Å². The van der Waals surface area contributed by atoms with E-state index in [0.717, 1.165) is 0 Å². The highest BCUT2D eigenvalue weighted by Crippen LogP contribution is 2.25. The molecule has 0 spiro atoms. The average Bonchev–Trinajstić information content (AvgIpc) is 3.27. The van der Waals surface area contributed by atoms with Crippen LogP contribution in [0.15, 0.2) is 52.2 Å². The van der Waals surface area contributed by atoms with Crippen molar-refractivity contribution in [2.24, 2.45) is 0 Å². The predicted octanol–water partition coefficient (Wildman–Crippen LogP) is 3.30. The van der Waals surface area contributed by atoms with Crippen LogP contribution in [0.25, 0.3) is 11.6 Å². The molecule has 8 heteroatoms. The molecule has 0 N–H and O–H groups in total. The molecule has 0 saturated carbocycles. The van der Waals surface area contributed by atoms with Crippen LogP contribution in [0.5, 0.6) is 0 Å². The zero-order valence-corrected chi connectivity index (χ0v) is 14.3. The number of methoxy groups -OCH3 is 1. The SMILES string of the molecule is COCCn1c(SCC(=O)c2ccccc2F)nnc1-c1ccco1. The fourth-order valence-corrected chi connectivity index (χ4v) is 3.11. The van der Waals surface area contributed by atoms with Gasteiger partial charge in [-0.3, -0.25) is 9.36 Å². The average molecular weight is 361 g/mol. The molecule has 0 fully saturated rings. The van der Waals surface area contributed by atoms with E-state index in [1.54, 1.807) is 37.6 Å². The van der Waals surface area contributed by atoms with Gasteiger partial charge < -0.3 is 9.15 Å². The van der Waals surface area contributed by atoms with E-state index in [2.05, 4.69) is 10.2 Å². The first kappa shape index (κ1) is 17.4. The summed E-state index contributed by atoms with van der Waals surface area (Å²) in [5, 5.41) is 8.81. The molecule has 0 unspecified atom stereocenters. The normalized spacial score (nSPS) is 11.0. The lowest BCUT2D eigenvalue weighted by atomic mass is 10.1. The van der Waals surface area contributed by atoms with Gasteiger partial charge in [-0.15, -0.1) is 10.2 Å². The molecule has 0 bridgehead atoms. The van der Waals surface area contributed by atoms with Crippen LogP contribution in [0.2, 0.25) is 0 Å². The number of halogens is 1. The van der Waals surface area contributed by atoms with Crippen molar-refractivity contribution in [1.29, 1.82) is 0 Å². The van der Waals surface area contributed by atoms with E-state index in [-0.39, 0.29) is 17.1 Å². The zero-order valence-electron chi connectivity index (χ0n) is 13.5. The Morgan fingerprint density at radius 1 is 1.28 bits per heavy atom. The molecule has 0 amide bonds. The number of ether oxygens (including phenoxy) is 1. The van der Waals surface area contributed by atoms with Crippen molar-refractivity contribution >= 4 is 17.5 Å². The Hall–Kier alpha value is -2.45. The van der Waals surface area contributed by atoms with Gasteiger partial charge in [0.15, 0.2) is 16.7 Å². The second kappa shape index (κ2) is 8.09. The van der Waals surface area contributed by atoms with Gasteiger partial charge in [0.2, 0.25) is 5.82 Å². The van der Waals surface area contributed by atoms with E-state index in [0.29, 0.717) is 29.9 Å². The third-order valence-corrected chi connectivity index (χ3v) is 4.45. The van der Waals surface area contributed by atoms with E-state index in [9.17, 15) is 9.18 Å². The maximum atomic E-state index is 13.7. The molecule has 0 aliphatic rings. The second-order valence-corrected chi connectivity index (χ2v) is 6.06. The molecule has 0 atom stereocenters. The van der Waals surface area contributed by atoms with E-state index >= 15 is 0 Å². The molecule has 0 aliphatic heterocycles. The first-order valence-corrected chi connectivity index (χ1v) is 8.56. The van der Waals surface area contributed by atoms with Crippen molar-refractivity contribution in [2.75, 3.05) is 19.5 Å². The van der Waals surface area contributed by atoms with Crippen LogP contribution in [0, 0.1) is 5.82 Å². The number of hydrogen-bond acceptors (Lipinski definition) is 6. The Kier molecular flexibility index (Phi) is 5.62. The van der Waals surface area contributed by atoms with E-state index in [1.165, 1.54) is 23.9 Å². The Labute approximate surface area is 148 Å². The van der Waals surface area contributed by atoms with Crippen LogP contribution >= 0.6 is 11.8 Å². The number of benzene rings is 1. The minimum Gasteiger partial charge on any atom is -0.461 e. The number of ketones is 1. The number of rotatable bonds is 8. The van der Waals surface area contributed by atoms with E-state index in [4.69, 9.17) is 9.15 Å². The first-order valence-electron chi connectivity index (χ1n) is 7.57. The lowest BCUT2D eigenvalue weighted by Gasteiger charge is -2.08. The van der Waals surface area contributed by atoms with Gasteiger partial charge in [0.25, 0.3) is 0 Å². The fourth-order valence-electron chi connectivity index (χ4n) is 2.26. The smallest absolute Gasteiger partial charge is 0.200 e. The zero-order chi connectivity index (χ0) is 17.6. The number of furan rings is 1. The summed E-state index contributed by atoms with van der Waals surface area (Å²) in [5.74, 6) is 0.373. The summed E-state index contributed by atoms with van der Waals surface area (Å²) in [6.07, 6.45) is 1.55. The third-order valence-electron chi connectivity index (χ3n) is 3.48. The van der Waals surface area contributed by atoms with E-state index in [1.807, 2.05) is 4.57 Å². The van der Waals surface area contributed by atoms with Gasteiger partial charge in [0.05, 0.1) is 30.7 Å². The maximum Gasteiger partial charge on any atom is 0.200 e. The molecule has 2 aromatic heterocycles. The number of nitrogens with zero attached hydrogens (tertiary/aromatic N) is 3. The van der Waals surface area contributed by atoms with Crippen LogP contribution < -0.4 is 0 Å². The molecule has 1 aromatic carbocycles. The minimum atomic E-state index is -0.523. The summed E-state index contributed by atoms with van der Waals surface area (Å²) >= 11 is 1.20. The van der Waals surface area contributed by atoms with Crippen molar-refractivity contribution in [2.45, 2.75) is 11.7 Å². The van der Waals surface area contributed by atoms with Crippen LogP contribution in [-0.4, -0.2) is 40.0 Å². The summed E-state index contributed by atoms with van der Waals surface area (Å²) in [7, 11) is 1.60. The van der Waals surface area contributed by atoms with Crippen molar-refractivity contribution in [3.8, 4) is 11.6 Å². The van der Waals surface area contributed by atoms with Crippen LogP contribution in [-0.2, 0) is 11.3 Å². The van der Waals surface area contributed by atoms with E-state index < -0.39 is 5.82 Å². The number of hydrogen-bond donors (Lipinski definition) is 0. The van der Waals surface area contributed by atoms with Crippen molar-refractivity contribution < 1.29 is 18.3 Å². The highest BCUT2D eigenvalue weighted by molar-refractivity contribution is 7.99. The van der Waals surface area contributed by atoms with Crippen molar-refractivity contribution in [3.05, 3.63) is 54.0 Å². The maximum absolute atomic E-state index is 13.7. The van der Waals surface area contributed by atoms with Crippen LogP contribution in [0.4, 0.5) is 4.39 Å². The molecule has 3 rings (SSSR count). The molecule has 2 heterocycles. The fraction of sp³-hybridized carbons (Fsp3) is 0.235. The van der Waals surface area contributed by atoms with Gasteiger partial charge in [-0.1, -0.05) is 23.9 Å². The lowest BCUT2D eigenvalue weighted by molar-refractivity contribution is 0.101. The minimum absolute atomic E-state index is 0.0597. The molecular weight excluding hydrogens is 345 g/mol. The molecular formula is C17H16FN3O3S. The second-order valence-electron chi connectivity index (χ2n) is 5.12. The Balaban J connectivity index is 1.78. The first-order chi connectivity index (χ1) is 12.2. The summed E-state index contributed by atoms with van der Waals surface area (Å²) in [6.45, 7) is 0.969. The number of Topliss-reactive ketones (excluding diaryl/α,β-unsaturated/α-hetero) is 1. The molecule has 6 nitrogen and oxygen atoms in total. The number of aromatic nitrogens is 3.